The first-order valence-electron chi connectivity index (χ1n) is 3.88. The first kappa shape index (κ1) is 9.45. The highest BCUT2D eigenvalue weighted by molar-refractivity contribution is 5.90. The van der Waals surface area contributed by atoms with Crippen LogP contribution in [0, 0.1) is 0 Å². The summed E-state index contributed by atoms with van der Waals surface area (Å²) in [6.45, 7) is 0. The molecule has 1 rings (SSSR count). The molecular formula is C10H11NO2. The minimum atomic E-state index is -0.319. The van der Waals surface area contributed by atoms with E-state index in [9.17, 15) is 4.79 Å². The lowest BCUT2D eigenvalue weighted by atomic mass is 10.1. The Hall–Kier alpha value is -1.64. The van der Waals surface area contributed by atoms with Gasteiger partial charge in [0, 0.05) is 13.3 Å². The van der Waals surface area contributed by atoms with Crippen LogP contribution in [0.15, 0.2) is 29.3 Å². The number of rotatable bonds is 2. The third kappa shape index (κ3) is 2.40. The highest BCUT2D eigenvalue weighted by Gasteiger charge is 2.02. The van der Waals surface area contributed by atoms with Crippen molar-refractivity contribution in [3.63, 3.8) is 0 Å². The van der Waals surface area contributed by atoms with Crippen LogP contribution in [-0.4, -0.2) is 26.3 Å². The zero-order valence-corrected chi connectivity index (χ0v) is 7.65. The van der Waals surface area contributed by atoms with E-state index in [2.05, 4.69) is 9.73 Å². The number of esters is 1. The van der Waals surface area contributed by atoms with Crippen molar-refractivity contribution in [1.82, 2.24) is 0 Å². The van der Waals surface area contributed by atoms with Crippen LogP contribution in [0.2, 0.25) is 0 Å². The number of methoxy groups -OCH3 is 1. The zero-order chi connectivity index (χ0) is 9.68. The molecule has 0 fully saturated rings. The summed E-state index contributed by atoms with van der Waals surface area (Å²) in [5.74, 6) is -0.319. The van der Waals surface area contributed by atoms with Crippen molar-refractivity contribution in [1.29, 1.82) is 0 Å². The molecule has 0 amide bonds. The zero-order valence-electron chi connectivity index (χ0n) is 7.65. The largest absolute Gasteiger partial charge is 0.465 e. The fraction of sp³-hybridized carbons (Fsp3) is 0.200. The third-order valence-corrected chi connectivity index (χ3v) is 1.61. The molecule has 1 aromatic carbocycles. The van der Waals surface area contributed by atoms with Gasteiger partial charge < -0.3 is 4.74 Å². The van der Waals surface area contributed by atoms with Crippen LogP contribution in [-0.2, 0) is 4.74 Å². The van der Waals surface area contributed by atoms with Gasteiger partial charge in [-0.15, -0.1) is 0 Å². The predicted molar refractivity (Wildman–Crippen MR) is 51.3 cm³/mol. The number of carbonyl (C=O) groups excluding carboxylic acids is 1. The normalized spacial score (nSPS) is 10.3. The van der Waals surface area contributed by atoms with E-state index in [4.69, 9.17) is 0 Å². The molecule has 13 heavy (non-hydrogen) atoms. The maximum atomic E-state index is 11.0. The highest BCUT2D eigenvalue weighted by atomic mass is 16.5. The number of benzene rings is 1. The number of nitrogens with zero attached hydrogens (tertiary/aromatic N) is 1. The van der Waals surface area contributed by atoms with Crippen LogP contribution in [0.3, 0.4) is 0 Å². The van der Waals surface area contributed by atoms with Crippen molar-refractivity contribution in [2.75, 3.05) is 14.2 Å². The van der Waals surface area contributed by atoms with E-state index >= 15 is 0 Å². The topological polar surface area (TPSA) is 38.7 Å². The Labute approximate surface area is 77.1 Å². The van der Waals surface area contributed by atoms with Gasteiger partial charge in [-0.1, -0.05) is 12.1 Å². The van der Waals surface area contributed by atoms with Crippen LogP contribution in [0.1, 0.15) is 15.9 Å². The molecule has 0 radical (unpaired) electrons. The molecule has 0 N–H and O–H groups in total. The van der Waals surface area contributed by atoms with Gasteiger partial charge in [0.25, 0.3) is 0 Å². The van der Waals surface area contributed by atoms with Gasteiger partial charge in [0.1, 0.15) is 0 Å². The molecule has 0 saturated heterocycles. The standard InChI is InChI=1S/C10H11NO2/c1-11-7-8-3-5-9(6-4-8)10(12)13-2/h3-7H,1-2H3. The van der Waals surface area contributed by atoms with Crippen molar-refractivity contribution in [3.8, 4) is 0 Å². The van der Waals surface area contributed by atoms with Gasteiger partial charge >= 0.3 is 5.97 Å². The number of hydrogen-bond acceptors (Lipinski definition) is 3. The van der Waals surface area contributed by atoms with Gasteiger partial charge in [0.15, 0.2) is 0 Å². The van der Waals surface area contributed by atoms with Crippen LogP contribution >= 0.6 is 0 Å². The van der Waals surface area contributed by atoms with Gasteiger partial charge in [-0.3, -0.25) is 4.99 Å². The predicted octanol–water partition coefficient (Wildman–Crippen LogP) is 1.52. The molecule has 0 aromatic heterocycles. The van der Waals surface area contributed by atoms with E-state index < -0.39 is 0 Å². The molecule has 0 heterocycles. The summed E-state index contributed by atoms with van der Waals surface area (Å²) < 4.78 is 4.56. The number of hydrogen-bond donors (Lipinski definition) is 0. The van der Waals surface area contributed by atoms with Crippen molar-refractivity contribution in [3.05, 3.63) is 35.4 Å². The Balaban J connectivity index is 2.87. The molecule has 0 atom stereocenters. The number of aliphatic imine (C=N–C) groups is 1. The average molecular weight is 177 g/mol. The summed E-state index contributed by atoms with van der Waals surface area (Å²) in [6.07, 6.45) is 1.72. The second-order valence-electron chi connectivity index (χ2n) is 2.50. The first-order chi connectivity index (χ1) is 6.27. The Morgan fingerprint density at radius 2 is 2.00 bits per heavy atom. The number of carbonyl (C=O) groups is 1. The molecule has 0 aliphatic heterocycles. The molecule has 68 valence electrons. The SMILES string of the molecule is CN=Cc1ccc(C(=O)OC)cc1. The lowest BCUT2D eigenvalue weighted by molar-refractivity contribution is 0.0601. The Kier molecular flexibility index (Phi) is 3.20. The molecule has 0 unspecified atom stereocenters. The van der Waals surface area contributed by atoms with Crippen LogP contribution < -0.4 is 0 Å². The molecule has 1 aromatic rings. The maximum absolute atomic E-state index is 11.0. The van der Waals surface area contributed by atoms with Crippen molar-refractivity contribution < 1.29 is 9.53 Å². The van der Waals surface area contributed by atoms with Crippen molar-refractivity contribution in [2.24, 2.45) is 4.99 Å². The van der Waals surface area contributed by atoms with Crippen molar-refractivity contribution in [2.45, 2.75) is 0 Å². The van der Waals surface area contributed by atoms with Crippen LogP contribution in [0.5, 0.6) is 0 Å². The summed E-state index contributed by atoms with van der Waals surface area (Å²) in [5.41, 5.74) is 1.52. The monoisotopic (exact) mass is 177 g/mol. The van der Waals surface area contributed by atoms with E-state index in [1.807, 2.05) is 12.1 Å². The van der Waals surface area contributed by atoms with E-state index in [1.165, 1.54) is 7.11 Å². The Morgan fingerprint density at radius 3 is 2.46 bits per heavy atom. The second-order valence-corrected chi connectivity index (χ2v) is 2.50. The van der Waals surface area contributed by atoms with Crippen molar-refractivity contribution >= 4 is 12.2 Å². The van der Waals surface area contributed by atoms with Gasteiger partial charge in [0.05, 0.1) is 12.7 Å². The Bertz CT molecular complexity index is 314. The summed E-state index contributed by atoms with van der Waals surface area (Å²) >= 11 is 0. The molecule has 0 bridgehead atoms. The maximum Gasteiger partial charge on any atom is 0.337 e. The third-order valence-electron chi connectivity index (χ3n) is 1.61. The summed E-state index contributed by atoms with van der Waals surface area (Å²) in [5, 5.41) is 0. The summed E-state index contributed by atoms with van der Waals surface area (Å²) in [7, 11) is 3.07. The molecule has 3 nitrogen and oxygen atoms in total. The summed E-state index contributed by atoms with van der Waals surface area (Å²) in [4.78, 5) is 14.9. The fourth-order valence-electron chi connectivity index (χ4n) is 0.972. The molecule has 0 aliphatic carbocycles. The van der Waals surface area contributed by atoms with E-state index in [-0.39, 0.29) is 5.97 Å². The van der Waals surface area contributed by atoms with Gasteiger partial charge in [0.2, 0.25) is 0 Å². The highest BCUT2D eigenvalue weighted by Crippen LogP contribution is 2.03. The second kappa shape index (κ2) is 4.40. The average Bonchev–Trinajstić information content (AvgIpc) is 2.18. The molecule has 0 aliphatic rings. The smallest absolute Gasteiger partial charge is 0.337 e. The lowest BCUT2D eigenvalue weighted by Gasteiger charge is -1.98. The minimum absolute atomic E-state index is 0.319. The lowest BCUT2D eigenvalue weighted by Crippen LogP contribution is -2.00. The molecule has 3 heteroatoms. The van der Waals surface area contributed by atoms with Crippen LogP contribution in [0.4, 0.5) is 0 Å². The molecular weight excluding hydrogens is 166 g/mol. The molecule has 0 saturated carbocycles. The van der Waals surface area contributed by atoms with Gasteiger partial charge in [-0.2, -0.15) is 0 Å². The van der Waals surface area contributed by atoms with E-state index in [0.717, 1.165) is 5.56 Å². The molecule has 0 spiro atoms. The van der Waals surface area contributed by atoms with Crippen LogP contribution in [0.25, 0.3) is 0 Å². The minimum Gasteiger partial charge on any atom is -0.465 e. The van der Waals surface area contributed by atoms with Gasteiger partial charge in [-0.25, -0.2) is 4.79 Å². The Morgan fingerprint density at radius 1 is 1.38 bits per heavy atom. The number of ether oxygens (including phenoxy) is 1. The first-order valence-corrected chi connectivity index (χ1v) is 3.88. The fourth-order valence-corrected chi connectivity index (χ4v) is 0.972. The van der Waals surface area contributed by atoms with Gasteiger partial charge in [-0.05, 0) is 17.7 Å². The quantitative estimate of drug-likeness (QED) is 0.507. The van der Waals surface area contributed by atoms with E-state index in [1.54, 1.807) is 25.4 Å². The van der Waals surface area contributed by atoms with E-state index in [0.29, 0.717) is 5.56 Å². The summed E-state index contributed by atoms with van der Waals surface area (Å²) in [6, 6.07) is 7.06.